The van der Waals surface area contributed by atoms with E-state index in [1.165, 1.54) is 10.4 Å². The minimum absolute atomic E-state index is 0.0866. The van der Waals surface area contributed by atoms with E-state index in [1.807, 2.05) is 66.7 Å². The van der Waals surface area contributed by atoms with Crippen molar-refractivity contribution in [1.82, 2.24) is 5.32 Å². The quantitative estimate of drug-likeness (QED) is 0.0774. The van der Waals surface area contributed by atoms with Gasteiger partial charge < -0.3 is 19.2 Å². The maximum atomic E-state index is 13.5. The minimum atomic E-state index is -2.75. The molecule has 0 radical (unpaired) electrons. The van der Waals surface area contributed by atoms with Crippen molar-refractivity contribution in [2.24, 2.45) is 0 Å². The molecule has 0 aliphatic heterocycles. The van der Waals surface area contributed by atoms with Crippen molar-refractivity contribution >= 4 is 30.8 Å². The lowest BCUT2D eigenvalue weighted by molar-refractivity contribution is -0.147. The second-order valence-electron chi connectivity index (χ2n) is 13.8. The fraction of sp³-hybridized carbons (Fsp3) is 0.256. The topological polar surface area (TPSA) is 73.9 Å². The SMILES string of the molecule is CC(C)(C)[Si](OCCCC(NC(=O)OCC1c2ccccc2-c2ccccc21)C(=O)OCc1ccccc1)(c1ccccc1)c1ccccc1. The van der Waals surface area contributed by atoms with Crippen molar-refractivity contribution in [2.75, 3.05) is 13.2 Å². The van der Waals surface area contributed by atoms with Crippen molar-refractivity contribution in [3.8, 4) is 11.1 Å². The zero-order valence-corrected chi connectivity index (χ0v) is 30.0. The van der Waals surface area contributed by atoms with Crippen molar-refractivity contribution < 1.29 is 23.5 Å². The number of nitrogens with one attached hydrogen (secondary N) is 1. The van der Waals surface area contributed by atoms with Crippen molar-refractivity contribution in [3.05, 3.63) is 156 Å². The van der Waals surface area contributed by atoms with Gasteiger partial charge in [-0.25, -0.2) is 9.59 Å². The van der Waals surface area contributed by atoms with Crippen LogP contribution in [0.2, 0.25) is 5.04 Å². The Balaban J connectivity index is 1.16. The highest BCUT2D eigenvalue weighted by Crippen LogP contribution is 2.44. The number of ether oxygens (including phenoxy) is 2. The molecule has 0 saturated heterocycles. The van der Waals surface area contributed by atoms with E-state index in [9.17, 15) is 9.59 Å². The Morgan fingerprint density at radius 1 is 0.680 bits per heavy atom. The van der Waals surface area contributed by atoms with Crippen LogP contribution >= 0.6 is 0 Å². The minimum Gasteiger partial charge on any atom is -0.459 e. The molecular weight excluding hydrogens is 639 g/mol. The first-order chi connectivity index (χ1) is 24.3. The van der Waals surface area contributed by atoms with Gasteiger partial charge in [-0.15, -0.1) is 0 Å². The molecule has 0 aromatic heterocycles. The van der Waals surface area contributed by atoms with E-state index in [2.05, 4.69) is 98.9 Å². The third-order valence-electron chi connectivity index (χ3n) is 9.52. The number of carbonyl (C=O) groups excluding carboxylic acids is 2. The highest BCUT2D eigenvalue weighted by atomic mass is 28.4. The number of amides is 1. The third kappa shape index (κ3) is 7.59. The highest BCUT2D eigenvalue weighted by molar-refractivity contribution is 6.99. The molecule has 1 aliphatic rings. The number of hydrogen-bond donors (Lipinski definition) is 1. The summed E-state index contributed by atoms with van der Waals surface area (Å²) in [7, 11) is -2.75. The Morgan fingerprint density at radius 2 is 1.18 bits per heavy atom. The van der Waals surface area contributed by atoms with Gasteiger partial charge in [-0.3, -0.25) is 0 Å². The lowest BCUT2D eigenvalue weighted by atomic mass is 9.98. The maximum Gasteiger partial charge on any atom is 0.407 e. The first kappa shape index (κ1) is 34.9. The Hall–Kier alpha value is -4.98. The molecule has 0 spiro atoms. The maximum absolute atomic E-state index is 13.5. The smallest absolute Gasteiger partial charge is 0.407 e. The molecule has 256 valence electrons. The van der Waals surface area contributed by atoms with Crippen LogP contribution in [0.3, 0.4) is 0 Å². The molecule has 1 unspecified atom stereocenters. The summed E-state index contributed by atoms with van der Waals surface area (Å²) in [5.74, 6) is -0.593. The summed E-state index contributed by atoms with van der Waals surface area (Å²) in [4.78, 5) is 26.8. The van der Waals surface area contributed by atoms with Crippen LogP contribution in [0.5, 0.6) is 0 Å². The normalized spacial score (nSPS) is 13.2. The summed E-state index contributed by atoms with van der Waals surface area (Å²) < 4.78 is 18.6. The molecular formula is C43H45NO5Si. The van der Waals surface area contributed by atoms with Gasteiger partial charge in [0.25, 0.3) is 8.32 Å². The molecule has 50 heavy (non-hydrogen) atoms. The van der Waals surface area contributed by atoms with E-state index in [0.29, 0.717) is 19.4 Å². The summed E-state index contributed by atoms with van der Waals surface area (Å²) in [6, 6.07) is 46.0. The van der Waals surface area contributed by atoms with Gasteiger partial charge in [-0.2, -0.15) is 0 Å². The number of alkyl carbamates (subject to hydrolysis) is 1. The fourth-order valence-electron chi connectivity index (χ4n) is 7.13. The number of hydrogen-bond acceptors (Lipinski definition) is 5. The van der Waals surface area contributed by atoms with Crippen LogP contribution in [0.15, 0.2) is 140 Å². The standard InChI is InChI=1S/C43H45NO5Si/c1-43(2,3)50(33-20-9-5-10-21-33,34-22-11-6-12-23-34)49-29-17-28-40(41(45)47-30-32-18-7-4-8-19-32)44-42(46)48-31-39-37-26-15-13-24-35(37)36-25-14-16-27-38(36)39/h4-16,18-27,39-40H,17,28-31H2,1-3H3,(H,44,46). The van der Waals surface area contributed by atoms with Gasteiger partial charge in [-0.05, 0) is 56.1 Å². The van der Waals surface area contributed by atoms with Gasteiger partial charge in [0.05, 0.1) is 0 Å². The van der Waals surface area contributed by atoms with Gasteiger partial charge in [0, 0.05) is 12.5 Å². The highest BCUT2D eigenvalue weighted by Gasteiger charge is 2.50. The Bertz CT molecular complexity index is 1790. The third-order valence-corrected chi connectivity index (χ3v) is 14.6. The molecule has 1 atom stereocenters. The van der Waals surface area contributed by atoms with Gasteiger partial charge in [0.2, 0.25) is 0 Å². The first-order valence-corrected chi connectivity index (χ1v) is 19.3. The van der Waals surface area contributed by atoms with Crippen molar-refractivity contribution in [3.63, 3.8) is 0 Å². The second-order valence-corrected chi connectivity index (χ2v) is 18.1. The number of esters is 1. The van der Waals surface area contributed by atoms with Crippen molar-refractivity contribution in [2.45, 2.75) is 57.2 Å². The van der Waals surface area contributed by atoms with Crippen LogP contribution in [0.25, 0.3) is 11.1 Å². The van der Waals surface area contributed by atoms with Gasteiger partial charge >= 0.3 is 12.1 Å². The molecule has 6 nitrogen and oxygen atoms in total. The molecule has 1 aliphatic carbocycles. The van der Waals surface area contributed by atoms with Gasteiger partial charge in [-0.1, -0.05) is 160 Å². The molecule has 5 aromatic rings. The molecule has 0 bridgehead atoms. The van der Waals surface area contributed by atoms with E-state index < -0.39 is 26.4 Å². The van der Waals surface area contributed by atoms with Crippen LogP contribution in [-0.2, 0) is 25.3 Å². The summed E-state index contributed by atoms with van der Waals surface area (Å²) in [6.45, 7) is 7.39. The average molecular weight is 684 g/mol. The number of benzene rings is 5. The van der Waals surface area contributed by atoms with E-state index in [-0.39, 0.29) is 24.2 Å². The monoisotopic (exact) mass is 683 g/mol. The van der Waals surface area contributed by atoms with E-state index in [1.54, 1.807) is 0 Å². The van der Waals surface area contributed by atoms with Crippen LogP contribution in [0.1, 0.15) is 56.2 Å². The molecule has 5 aromatic carbocycles. The van der Waals surface area contributed by atoms with Crippen molar-refractivity contribution in [1.29, 1.82) is 0 Å². The Morgan fingerprint density at radius 3 is 1.72 bits per heavy atom. The van der Waals surface area contributed by atoms with Gasteiger partial charge in [0.15, 0.2) is 0 Å². The van der Waals surface area contributed by atoms with E-state index in [0.717, 1.165) is 27.8 Å². The zero-order chi connectivity index (χ0) is 35.0. The van der Waals surface area contributed by atoms with E-state index in [4.69, 9.17) is 13.9 Å². The molecule has 1 N–H and O–H groups in total. The largest absolute Gasteiger partial charge is 0.459 e. The molecule has 7 heteroatoms. The number of carbonyl (C=O) groups is 2. The fourth-order valence-corrected chi connectivity index (χ4v) is 11.7. The number of fused-ring (bicyclic) bond motifs is 3. The average Bonchev–Trinajstić information content (AvgIpc) is 3.46. The summed E-state index contributed by atoms with van der Waals surface area (Å²) in [5.41, 5.74) is 5.43. The van der Waals surface area contributed by atoms with E-state index >= 15 is 0 Å². The lowest BCUT2D eigenvalue weighted by Gasteiger charge is -2.43. The predicted octanol–water partition coefficient (Wildman–Crippen LogP) is 7.99. The van der Waals surface area contributed by atoms with Crippen LogP contribution < -0.4 is 15.7 Å². The zero-order valence-electron chi connectivity index (χ0n) is 29.0. The lowest BCUT2D eigenvalue weighted by Crippen LogP contribution is -2.66. The summed E-state index contributed by atoms with van der Waals surface area (Å²) >= 11 is 0. The number of rotatable bonds is 13. The molecule has 1 amide bonds. The summed E-state index contributed by atoms with van der Waals surface area (Å²) in [5, 5.41) is 5.04. The van der Waals surface area contributed by atoms with Crippen LogP contribution in [0, 0.1) is 0 Å². The molecule has 0 fully saturated rings. The predicted molar refractivity (Wildman–Crippen MR) is 201 cm³/mol. The Labute approximate surface area is 296 Å². The second kappa shape index (κ2) is 15.7. The molecule has 6 rings (SSSR count). The van der Waals surface area contributed by atoms with Crippen LogP contribution in [0.4, 0.5) is 4.79 Å². The van der Waals surface area contributed by atoms with Crippen LogP contribution in [-0.4, -0.2) is 39.6 Å². The van der Waals surface area contributed by atoms with Gasteiger partial charge in [0.1, 0.15) is 19.3 Å². The Kier molecular flexibility index (Phi) is 11.0. The summed E-state index contributed by atoms with van der Waals surface area (Å²) in [6.07, 6.45) is 0.205. The first-order valence-electron chi connectivity index (χ1n) is 17.3. The molecule has 0 saturated carbocycles. The molecule has 0 heterocycles.